The molecule has 1 saturated heterocycles. The van der Waals surface area contributed by atoms with Crippen molar-refractivity contribution in [3.8, 4) is 16.9 Å². The SMILES string of the molecule is COc1cc(-c2cccc([C@H](C)N3CCCC3)c2)cc2cc(C(=O)O)oc12. The first-order chi connectivity index (χ1) is 13.1. The molecule has 5 heteroatoms. The van der Waals surface area contributed by atoms with E-state index in [1.165, 1.54) is 18.4 Å². The third-order valence-corrected chi connectivity index (χ3v) is 5.40. The lowest BCUT2D eigenvalue weighted by molar-refractivity contribution is 0.0665. The summed E-state index contributed by atoms with van der Waals surface area (Å²) in [4.78, 5) is 13.7. The van der Waals surface area contributed by atoms with Gasteiger partial charge in [0.1, 0.15) is 0 Å². The average Bonchev–Trinajstić information content (AvgIpc) is 3.36. The van der Waals surface area contributed by atoms with Crippen LogP contribution in [0.5, 0.6) is 5.75 Å². The molecule has 1 fully saturated rings. The van der Waals surface area contributed by atoms with Gasteiger partial charge in [-0.1, -0.05) is 18.2 Å². The van der Waals surface area contributed by atoms with Gasteiger partial charge in [0.2, 0.25) is 5.76 Å². The molecule has 1 N–H and O–H groups in total. The Hall–Kier alpha value is -2.79. The van der Waals surface area contributed by atoms with Crippen molar-refractivity contribution in [3.05, 3.63) is 53.8 Å². The van der Waals surface area contributed by atoms with Crippen LogP contribution in [0.15, 0.2) is 46.9 Å². The van der Waals surface area contributed by atoms with Gasteiger partial charge in [-0.25, -0.2) is 4.79 Å². The molecule has 4 rings (SSSR count). The molecule has 2 heterocycles. The highest BCUT2D eigenvalue weighted by atomic mass is 16.5. The lowest BCUT2D eigenvalue weighted by Gasteiger charge is -2.24. The average molecular weight is 365 g/mol. The summed E-state index contributed by atoms with van der Waals surface area (Å²) in [7, 11) is 1.56. The Labute approximate surface area is 158 Å². The minimum absolute atomic E-state index is 0.0862. The fraction of sp³-hybridized carbons (Fsp3) is 0.318. The first-order valence-electron chi connectivity index (χ1n) is 9.26. The van der Waals surface area contributed by atoms with Crippen LogP contribution < -0.4 is 4.74 Å². The lowest BCUT2D eigenvalue weighted by Crippen LogP contribution is -2.23. The molecular formula is C22H23NO4. The van der Waals surface area contributed by atoms with Crippen LogP contribution in [0.1, 0.15) is 41.9 Å². The number of rotatable bonds is 5. The van der Waals surface area contributed by atoms with E-state index in [4.69, 9.17) is 9.15 Å². The van der Waals surface area contributed by atoms with Crippen LogP contribution in [-0.2, 0) is 0 Å². The predicted octanol–water partition coefficient (Wildman–Crippen LogP) is 4.96. The zero-order chi connectivity index (χ0) is 19.0. The minimum atomic E-state index is -1.09. The maximum absolute atomic E-state index is 11.2. The van der Waals surface area contributed by atoms with E-state index in [0.717, 1.165) is 29.6 Å². The Morgan fingerprint density at radius 3 is 2.63 bits per heavy atom. The molecule has 27 heavy (non-hydrogen) atoms. The number of ether oxygens (including phenoxy) is 1. The Bertz CT molecular complexity index is 985. The van der Waals surface area contributed by atoms with Gasteiger partial charge in [-0.3, -0.25) is 4.90 Å². The van der Waals surface area contributed by atoms with Gasteiger partial charge in [0.15, 0.2) is 11.3 Å². The van der Waals surface area contributed by atoms with Crippen molar-refractivity contribution in [2.45, 2.75) is 25.8 Å². The molecule has 5 nitrogen and oxygen atoms in total. The van der Waals surface area contributed by atoms with Gasteiger partial charge in [-0.05, 0) is 73.8 Å². The van der Waals surface area contributed by atoms with Crippen LogP contribution in [0, 0.1) is 0 Å². The van der Waals surface area contributed by atoms with Gasteiger partial charge in [0.05, 0.1) is 7.11 Å². The van der Waals surface area contributed by atoms with E-state index in [1.54, 1.807) is 13.2 Å². The molecule has 0 amide bonds. The maximum Gasteiger partial charge on any atom is 0.371 e. The molecule has 3 aromatic rings. The zero-order valence-electron chi connectivity index (χ0n) is 15.6. The van der Waals surface area contributed by atoms with E-state index >= 15 is 0 Å². The number of likely N-dealkylation sites (tertiary alicyclic amines) is 1. The van der Waals surface area contributed by atoms with E-state index in [2.05, 4.69) is 36.1 Å². The molecular weight excluding hydrogens is 342 g/mol. The molecule has 1 aliphatic heterocycles. The minimum Gasteiger partial charge on any atom is -0.493 e. The van der Waals surface area contributed by atoms with Crippen molar-refractivity contribution >= 4 is 16.9 Å². The first-order valence-corrected chi connectivity index (χ1v) is 9.26. The van der Waals surface area contributed by atoms with Crippen molar-refractivity contribution in [1.29, 1.82) is 0 Å². The van der Waals surface area contributed by atoms with Crippen molar-refractivity contribution in [2.24, 2.45) is 0 Å². The van der Waals surface area contributed by atoms with Gasteiger partial charge >= 0.3 is 5.97 Å². The molecule has 2 aromatic carbocycles. The van der Waals surface area contributed by atoms with E-state index in [1.807, 2.05) is 12.1 Å². The van der Waals surface area contributed by atoms with Crippen LogP contribution in [0.2, 0.25) is 0 Å². The number of hydrogen-bond donors (Lipinski definition) is 1. The Morgan fingerprint density at radius 1 is 1.15 bits per heavy atom. The highest BCUT2D eigenvalue weighted by Gasteiger charge is 2.20. The van der Waals surface area contributed by atoms with Crippen molar-refractivity contribution < 1.29 is 19.1 Å². The monoisotopic (exact) mass is 365 g/mol. The molecule has 1 aliphatic rings. The highest BCUT2D eigenvalue weighted by molar-refractivity contribution is 5.95. The topological polar surface area (TPSA) is 62.9 Å². The van der Waals surface area contributed by atoms with E-state index < -0.39 is 5.97 Å². The summed E-state index contributed by atoms with van der Waals surface area (Å²) in [5, 5.41) is 9.92. The number of furan rings is 1. The van der Waals surface area contributed by atoms with E-state index in [9.17, 15) is 9.90 Å². The number of carboxylic acids is 1. The summed E-state index contributed by atoms with van der Waals surface area (Å²) >= 11 is 0. The Morgan fingerprint density at radius 2 is 1.93 bits per heavy atom. The molecule has 0 unspecified atom stereocenters. The standard InChI is InChI=1S/C22H23NO4/c1-14(23-8-3-4-9-23)15-6-5-7-16(10-15)17-11-18-13-20(22(24)25)27-21(18)19(12-17)26-2/h5-7,10-14H,3-4,8-9H2,1-2H3,(H,24,25)/t14-/m0/s1. The molecule has 1 atom stereocenters. The Kier molecular flexibility index (Phi) is 4.62. The number of carboxylic acid groups (broad SMARTS) is 1. The summed E-state index contributed by atoms with van der Waals surface area (Å²) < 4.78 is 10.9. The van der Waals surface area contributed by atoms with Crippen LogP contribution in [0.25, 0.3) is 22.1 Å². The largest absolute Gasteiger partial charge is 0.493 e. The molecule has 0 saturated carbocycles. The number of nitrogens with zero attached hydrogens (tertiary/aromatic N) is 1. The van der Waals surface area contributed by atoms with Crippen LogP contribution in [-0.4, -0.2) is 36.2 Å². The van der Waals surface area contributed by atoms with Crippen LogP contribution in [0.4, 0.5) is 0 Å². The van der Waals surface area contributed by atoms with Gasteiger partial charge in [-0.15, -0.1) is 0 Å². The lowest BCUT2D eigenvalue weighted by atomic mass is 9.98. The van der Waals surface area contributed by atoms with Crippen LogP contribution in [0.3, 0.4) is 0 Å². The normalized spacial score (nSPS) is 15.9. The summed E-state index contributed by atoms with van der Waals surface area (Å²) in [5.74, 6) is -0.638. The van der Waals surface area contributed by atoms with Gasteiger partial charge < -0.3 is 14.3 Å². The third kappa shape index (κ3) is 3.30. The molecule has 0 bridgehead atoms. The summed E-state index contributed by atoms with van der Waals surface area (Å²) in [6, 6.07) is 14.3. The second-order valence-electron chi connectivity index (χ2n) is 7.06. The Balaban J connectivity index is 1.75. The number of hydrogen-bond acceptors (Lipinski definition) is 4. The van der Waals surface area contributed by atoms with E-state index in [0.29, 0.717) is 17.4 Å². The number of methoxy groups -OCH3 is 1. The van der Waals surface area contributed by atoms with Gasteiger partial charge in [-0.2, -0.15) is 0 Å². The molecule has 140 valence electrons. The number of benzene rings is 2. The first kappa shape index (κ1) is 17.6. The molecule has 0 aliphatic carbocycles. The van der Waals surface area contributed by atoms with Crippen molar-refractivity contribution in [3.63, 3.8) is 0 Å². The molecule has 1 aromatic heterocycles. The fourth-order valence-electron chi connectivity index (χ4n) is 3.86. The van der Waals surface area contributed by atoms with E-state index in [-0.39, 0.29) is 5.76 Å². The third-order valence-electron chi connectivity index (χ3n) is 5.40. The number of aromatic carboxylic acids is 1. The fourth-order valence-corrected chi connectivity index (χ4v) is 3.86. The van der Waals surface area contributed by atoms with Gasteiger partial charge in [0, 0.05) is 11.4 Å². The summed E-state index contributed by atoms with van der Waals surface area (Å²) in [5.41, 5.74) is 3.80. The second-order valence-corrected chi connectivity index (χ2v) is 7.06. The van der Waals surface area contributed by atoms with Crippen molar-refractivity contribution in [2.75, 3.05) is 20.2 Å². The smallest absolute Gasteiger partial charge is 0.371 e. The quantitative estimate of drug-likeness (QED) is 0.692. The highest BCUT2D eigenvalue weighted by Crippen LogP contribution is 2.36. The van der Waals surface area contributed by atoms with Crippen molar-refractivity contribution in [1.82, 2.24) is 4.90 Å². The summed E-state index contributed by atoms with van der Waals surface area (Å²) in [6.07, 6.45) is 2.54. The summed E-state index contributed by atoms with van der Waals surface area (Å²) in [6.45, 7) is 4.56. The number of carbonyl (C=O) groups is 1. The van der Waals surface area contributed by atoms with Crippen LogP contribution >= 0.6 is 0 Å². The predicted molar refractivity (Wildman–Crippen MR) is 104 cm³/mol. The molecule has 0 spiro atoms. The second kappa shape index (κ2) is 7.08. The maximum atomic E-state index is 11.2. The number of fused-ring (bicyclic) bond motifs is 1. The zero-order valence-corrected chi connectivity index (χ0v) is 15.6. The van der Waals surface area contributed by atoms with Gasteiger partial charge in [0.25, 0.3) is 0 Å². The molecule has 0 radical (unpaired) electrons.